The van der Waals surface area contributed by atoms with Crippen LogP contribution in [0.25, 0.3) is 0 Å². The van der Waals surface area contributed by atoms with Gasteiger partial charge in [-0.2, -0.15) is 18.3 Å². The number of nitrogens with one attached hydrogen (secondary N) is 2. The van der Waals surface area contributed by atoms with Gasteiger partial charge in [-0.15, -0.1) is 0 Å². The van der Waals surface area contributed by atoms with Crippen molar-refractivity contribution >= 4 is 17.3 Å². The van der Waals surface area contributed by atoms with Crippen LogP contribution in [0, 0.1) is 0 Å². The number of anilines is 1. The number of alkyl halides is 3. The minimum Gasteiger partial charge on any atom is -0.376 e. The predicted molar refractivity (Wildman–Crippen MR) is 97.0 cm³/mol. The van der Waals surface area contributed by atoms with E-state index in [1.54, 1.807) is 0 Å². The van der Waals surface area contributed by atoms with Crippen molar-refractivity contribution in [3.8, 4) is 0 Å². The molecule has 0 heterocycles. The number of carbonyl (C=O) groups is 1. The first-order valence-electron chi connectivity index (χ1n) is 8.86. The average molecular weight is 367 g/mol. The van der Waals surface area contributed by atoms with Gasteiger partial charge < -0.3 is 5.32 Å². The van der Waals surface area contributed by atoms with Gasteiger partial charge in [0.25, 0.3) is 5.91 Å². The average Bonchev–Trinajstić information content (AvgIpc) is 3.05. The standard InChI is InChI=1S/C19H24F3N3O/c1-2-3-4-7-14-8-5-11-17(14)24-25-18(26)13-23-16-10-6-9-15(12-16)19(20,21)22/h6,8-10,12,23H,2-5,7,11,13H2,1H3,(H,25,26)/b24-17-. The van der Waals surface area contributed by atoms with Gasteiger partial charge in [-0.3, -0.25) is 4.79 Å². The zero-order valence-corrected chi connectivity index (χ0v) is 14.8. The second-order valence-corrected chi connectivity index (χ2v) is 6.25. The summed E-state index contributed by atoms with van der Waals surface area (Å²) in [4.78, 5) is 11.9. The van der Waals surface area contributed by atoms with Gasteiger partial charge in [0.15, 0.2) is 0 Å². The van der Waals surface area contributed by atoms with Crippen LogP contribution in [0.15, 0.2) is 41.0 Å². The second kappa shape index (κ2) is 9.40. The number of halogens is 3. The van der Waals surface area contributed by atoms with Gasteiger partial charge in [-0.1, -0.05) is 31.9 Å². The normalized spacial score (nSPS) is 15.8. The van der Waals surface area contributed by atoms with Gasteiger partial charge in [0.1, 0.15) is 0 Å². The van der Waals surface area contributed by atoms with Crippen LogP contribution in [0.4, 0.5) is 18.9 Å². The molecule has 2 rings (SSSR count). The van der Waals surface area contributed by atoms with E-state index in [1.165, 1.54) is 17.7 Å². The molecule has 0 spiro atoms. The molecule has 1 amide bonds. The molecule has 0 bridgehead atoms. The molecule has 0 fully saturated rings. The summed E-state index contributed by atoms with van der Waals surface area (Å²) in [7, 11) is 0. The number of rotatable bonds is 8. The second-order valence-electron chi connectivity index (χ2n) is 6.25. The molecular formula is C19H24F3N3O. The lowest BCUT2D eigenvalue weighted by Crippen LogP contribution is -2.27. The third-order valence-corrected chi connectivity index (χ3v) is 4.15. The van der Waals surface area contributed by atoms with Crippen molar-refractivity contribution in [1.29, 1.82) is 0 Å². The highest BCUT2D eigenvalue weighted by Crippen LogP contribution is 2.30. The van der Waals surface area contributed by atoms with Crippen LogP contribution in [0.2, 0.25) is 0 Å². The molecule has 0 aliphatic heterocycles. The summed E-state index contributed by atoms with van der Waals surface area (Å²) in [6.45, 7) is 2.00. The fourth-order valence-electron chi connectivity index (χ4n) is 2.76. The fraction of sp³-hybridized carbons (Fsp3) is 0.474. The summed E-state index contributed by atoms with van der Waals surface area (Å²) < 4.78 is 38.0. The molecule has 0 saturated heterocycles. The zero-order valence-electron chi connectivity index (χ0n) is 14.8. The van der Waals surface area contributed by atoms with Crippen molar-refractivity contribution in [3.63, 3.8) is 0 Å². The van der Waals surface area contributed by atoms with E-state index in [2.05, 4.69) is 28.8 Å². The molecule has 1 aromatic carbocycles. The molecule has 0 saturated carbocycles. The van der Waals surface area contributed by atoms with Gasteiger partial charge in [0, 0.05) is 5.69 Å². The van der Waals surface area contributed by atoms with Gasteiger partial charge in [0.05, 0.1) is 17.8 Å². The lowest BCUT2D eigenvalue weighted by molar-refractivity contribution is -0.137. The highest BCUT2D eigenvalue weighted by atomic mass is 19.4. The van der Waals surface area contributed by atoms with Crippen LogP contribution in [0.1, 0.15) is 51.0 Å². The molecular weight excluding hydrogens is 343 g/mol. The number of benzene rings is 1. The number of amides is 1. The van der Waals surface area contributed by atoms with Crippen LogP contribution in [-0.2, 0) is 11.0 Å². The molecule has 26 heavy (non-hydrogen) atoms. The lowest BCUT2D eigenvalue weighted by atomic mass is 10.1. The molecule has 7 heteroatoms. The van der Waals surface area contributed by atoms with Crippen molar-refractivity contribution < 1.29 is 18.0 Å². The van der Waals surface area contributed by atoms with Crippen LogP contribution < -0.4 is 10.7 Å². The lowest BCUT2D eigenvalue weighted by Gasteiger charge is -2.10. The Morgan fingerprint density at radius 1 is 1.27 bits per heavy atom. The Morgan fingerprint density at radius 3 is 2.81 bits per heavy atom. The maximum absolute atomic E-state index is 12.7. The largest absolute Gasteiger partial charge is 0.416 e. The van der Waals surface area contributed by atoms with Gasteiger partial charge in [-0.05, 0) is 49.5 Å². The summed E-state index contributed by atoms with van der Waals surface area (Å²) >= 11 is 0. The van der Waals surface area contributed by atoms with Crippen molar-refractivity contribution in [1.82, 2.24) is 5.43 Å². The maximum atomic E-state index is 12.7. The minimum absolute atomic E-state index is 0.146. The van der Waals surface area contributed by atoms with E-state index in [0.29, 0.717) is 0 Å². The zero-order chi connectivity index (χ0) is 19.0. The topological polar surface area (TPSA) is 53.5 Å². The van der Waals surface area contributed by atoms with Crippen LogP contribution >= 0.6 is 0 Å². The molecule has 2 N–H and O–H groups in total. The molecule has 142 valence electrons. The fourth-order valence-corrected chi connectivity index (χ4v) is 2.76. The van der Waals surface area contributed by atoms with Crippen LogP contribution in [0.3, 0.4) is 0 Å². The van der Waals surface area contributed by atoms with Crippen molar-refractivity contribution in [2.45, 2.75) is 51.6 Å². The minimum atomic E-state index is -4.41. The Labute approximate surface area is 151 Å². The first-order valence-corrected chi connectivity index (χ1v) is 8.86. The van der Waals surface area contributed by atoms with Crippen molar-refractivity contribution in [3.05, 3.63) is 41.5 Å². The number of unbranched alkanes of at least 4 members (excludes halogenated alkanes) is 2. The Bertz CT molecular complexity index is 681. The Morgan fingerprint density at radius 2 is 2.08 bits per heavy atom. The van der Waals surface area contributed by atoms with Gasteiger partial charge in [0.2, 0.25) is 0 Å². The van der Waals surface area contributed by atoms with E-state index >= 15 is 0 Å². The highest BCUT2D eigenvalue weighted by molar-refractivity contribution is 6.02. The number of nitrogens with zero attached hydrogens (tertiary/aromatic N) is 1. The third-order valence-electron chi connectivity index (χ3n) is 4.15. The Kier molecular flexibility index (Phi) is 7.24. The molecule has 0 unspecified atom stereocenters. The smallest absolute Gasteiger partial charge is 0.376 e. The summed E-state index contributed by atoms with van der Waals surface area (Å²) in [5.74, 6) is -0.394. The number of allylic oxidation sites excluding steroid dienone is 2. The summed E-state index contributed by atoms with van der Waals surface area (Å²) in [5.41, 5.74) is 4.05. The summed E-state index contributed by atoms with van der Waals surface area (Å²) in [6, 6.07) is 4.75. The number of hydrogen-bond acceptors (Lipinski definition) is 3. The van der Waals surface area contributed by atoms with Crippen LogP contribution in [0.5, 0.6) is 0 Å². The van der Waals surface area contributed by atoms with E-state index < -0.39 is 17.6 Å². The molecule has 1 aliphatic carbocycles. The van der Waals surface area contributed by atoms with E-state index in [9.17, 15) is 18.0 Å². The maximum Gasteiger partial charge on any atom is 0.416 e. The van der Waals surface area contributed by atoms with E-state index in [1.807, 2.05) is 0 Å². The molecule has 0 aromatic heterocycles. The van der Waals surface area contributed by atoms with E-state index in [4.69, 9.17) is 0 Å². The predicted octanol–water partition coefficient (Wildman–Crippen LogP) is 4.89. The molecule has 4 nitrogen and oxygen atoms in total. The van der Waals surface area contributed by atoms with E-state index in [0.717, 1.165) is 56.4 Å². The SMILES string of the molecule is CCCCCC1=CCC/C1=N/NC(=O)CNc1cccc(C(F)(F)F)c1. The number of carbonyl (C=O) groups excluding carboxylic acids is 1. The number of hydrogen-bond donors (Lipinski definition) is 2. The van der Waals surface area contributed by atoms with Gasteiger partial charge >= 0.3 is 6.18 Å². The third kappa shape index (κ3) is 6.20. The van der Waals surface area contributed by atoms with Gasteiger partial charge in [-0.25, -0.2) is 5.43 Å². The summed E-state index contributed by atoms with van der Waals surface area (Å²) in [6.07, 6.45) is 3.87. The first kappa shape index (κ1) is 20.0. The first-order chi connectivity index (χ1) is 12.4. The molecule has 0 radical (unpaired) electrons. The Hall–Kier alpha value is -2.31. The molecule has 1 aliphatic rings. The molecule has 1 aromatic rings. The summed E-state index contributed by atoms with van der Waals surface area (Å²) in [5, 5.41) is 6.87. The number of hydrazone groups is 1. The van der Waals surface area contributed by atoms with Crippen LogP contribution in [-0.4, -0.2) is 18.2 Å². The molecule has 0 atom stereocenters. The van der Waals surface area contributed by atoms with E-state index in [-0.39, 0.29) is 12.2 Å². The monoisotopic (exact) mass is 367 g/mol. The Balaban J connectivity index is 1.83. The highest BCUT2D eigenvalue weighted by Gasteiger charge is 2.30. The van der Waals surface area contributed by atoms with Crippen molar-refractivity contribution in [2.24, 2.45) is 5.10 Å². The van der Waals surface area contributed by atoms with Crippen molar-refractivity contribution in [2.75, 3.05) is 11.9 Å². The quantitative estimate of drug-likeness (QED) is 0.508.